The molecule has 4 rings (SSSR count). The summed E-state index contributed by atoms with van der Waals surface area (Å²) in [6.45, 7) is 5.44. The molecule has 1 saturated carbocycles. The molecule has 1 aliphatic carbocycles. The lowest BCUT2D eigenvalue weighted by Gasteiger charge is -2.30. The molecular weight excluding hydrogens is 502 g/mol. The molecule has 1 aliphatic rings. The average molecular weight is 546 g/mol. The number of hydrogen-bond acceptors (Lipinski definition) is 4. The third-order valence-electron chi connectivity index (χ3n) is 7.60. The number of nitrogens with zero attached hydrogens (tertiary/aromatic N) is 3. The lowest BCUT2D eigenvalue weighted by atomic mass is 10.1. The second-order valence-electron chi connectivity index (χ2n) is 10.5. The minimum atomic E-state index is -0.0410. The fourth-order valence-electron chi connectivity index (χ4n) is 5.41. The molecule has 0 saturated heterocycles. The van der Waals surface area contributed by atoms with Gasteiger partial charge in [-0.3, -0.25) is 9.59 Å². The van der Waals surface area contributed by atoms with Crippen molar-refractivity contribution in [3.05, 3.63) is 89.7 Å². The van der Waals surface area contributed by atoms with E-state index < -0.39 is 0 Å². The van der Waals surface area contributed by atoms with Crippen molar-refractivity contribution in [1.29, 1.82) is 0 Å². The third kappa shape index (κ3) is 8.46. The van der Waals surface area contributed by atoms with Gasteiger partial charge in [-0.2, -0.15) is 0 Å². The normalized spacial score (nSPS) is 13.3. The molecule has 1 aromatic heterocycles. The first-order chi connectivity index (χ1) is 19.6. The summed E-state index contributed by atoms with van der Waals surface area (Å²) >= 11 is 0. The zero-order valence-corrected chi connectivity index (χ0v) is 24.0. The Morgan fingerprint density at radius 1 is 0.925 bits per heavy atom. The van der Waals surface area contributed by atoms with E-state index in [4.69, 9.17) is 9.47 Å². The van der Waals surface area contributed by atoms with Crippen molar-refractivity contribution >= 4 is 11.8 Å². The van der Waals surface area contributed by atoms with Crippen LogP contribution >= 0.6 is 0 Å². The smallest absolute Gasteiger partial charge is 0.242 e. The van der Waals surface area contributed by atoms with Crippen molar-refractivity contribution in [3.8, 4) is 5.75 Å². The van der Waals surface area contributed by atoms with Crippen molar-refractivity contribution in [3.63, 3.8) is 0 Å². The highest BCUT2D eigenvalue weighted by molar-refractivity contribution is 5.86. The summed E-state index contributed by atoms with van der Waals surface area (Å²) in [7, 11) is 1.67. The molecule has 40 heavy (non-hydrogen) atoms. The van der Waals surface area contributed by atoms with E-state index in [0.29, 0.717) is 39.4 Å². The van der Waals surface area contributed by atoms with Crippen LogP contribution in [0.4, 0.5) is 0 Å². The molecule has 0 unspecified atom stereocenters. The Hall–Kier alpha value is -3.58. The largest absolute Gasteiger partial charge is 0.497 e. The van der Waals surface area contributed by atoms with E-state index >= 15 is 0 Å². The Morgan fingerprint density at radius 3 is 2.45 bits per heavy atom. The lowest BCUT2D eigenvalue weighted by Crippen LogP contribution is -2.45. The number of amides is 2. The molecule has 1 heterocycles. The molecular formula is C33H43N3O4. The summed E-state index contributed by atoms with van der Waals surface area (Å²) in [4.78, 5) is 31.0. The van der Waals surface area contributed by atoms with E-state index in [0.717, 1.165) is 54.7 Å². The molecule has 2 aromatic carbocycles. The summed E-state index contributed by atoms with van der Waals surface area (Å²) in [5.41, 5.74) is 3.23. The van der Waals surface area contributed by atoms with Gasteiger partial charge in [0.2, 0.25) is 11.8 Å². The lowest BCUT2D eigenvalue weighted by molar-refractivity contribution is -0.143. The fourth-order valence-corrected chi connectivity index (χ4v) is 5.41. The Bertz CT molecular complexity index is 1200. The minimum absolute atomic E-state index is 0.0302. The van der Waals surface area contributed by atoms with E-state index in [2.05, 4.69) is 16.7 Å². The van der Waals surface area contributed by atoms with Crippen LogP contribution in [0.2, 0.25) is 0 Å². The third-order valence-corrected chi connectivity index (χ3v) is 7.60. The molecule has 1 fully saturated rings. The van der Waals surface area contributed by atoms with E-state index in [-0.39, 0.29) is 24.3 Å². The molecule has 214 valence electrons. The molecule has 0 atom stereocenters. The highest BCUT2D eigenvalue weighted by atomic mass is 16.5. The van der Waals surface area contributed by atoms with Crippen LogP contribution < -0.4 is 4.74 Å². The van der Waals surface area contributed by atoms with Crippen molar-refractivity contribution in [2.24, 2.45) is 5.92 Å². The predicted octanol–water partition coefficient (Wildman–Crippen LogP) is 5.52. The maximum atomic E-state index is 13.9. The van der Waals surface area contributed by atoms with Crippen molar-refractivity contribution in [1.82, 2.24) is 14.4 Å². The molecule has 0 bridgehead atoms. The van der Waals surface area contributed by atoms with Gasteiger partial charge in [0.05, 0.1) is 20.2 Å². The van der Waals surface area contributed by atoms with Gasteiger partial charge in [-0.15, -0.1) is 0 Å². The fraction of sp³-hybridized carbons (Fsp3) is 0.455. The van der Waals surface area contributed by atoms with Crippen LogP contribution in [-0.4, -0.2) is 59.6 Å². The predicted molar refractivity (Wildman–Crippen MR) is 157 cm³/mol. The van der Waals surface area contributed by atoms with Crippen molar-refractivity contribution < 1.29 is 19.1 Å². The number of aromatic nitrogens is 1. The molecule has 7 nitrogen and oxygen atoms in total. The van der Waals surface area contributed by atoms with Crippen LogP contribution in [0.1, 0.15) is 55.8 Å². The van der Waals surface area contributed by atoms with Crippen molar-refractivity contribution in [2.45, 2.75) is 58.7 Å². The molecule has 3 aromatic rings. The van der Waals surface area contributed by atoms with Crippen LogP contribution in [0.25, 0.3) is 0 Å². The Kier molecular flexibility index (Phi) is 11.2. The standard InChI is InChI=1S/C33H43N3O4/c1-3-40-21-11-20-35(33(38)29-15-7-8-16-29)26-32(37)36(23-27-12-5-4-6-13-27)25-30-17-10-19-34(30)24-28-14-9-18-31(22-28)39-2/h4-6,9-10,12-14,17-19,22,29H,3,7-8,11,15-16,20-21,23-26H2,1-2H3. The number of ether oxygens (including phenoxy) is 2. The zero-order chi connectivity index (χ0) is 28.2. The van der Waals surface area contributed by atoms with E-state index in [1.165, 1.54) is 0 Å². The van der Waals surface area contributed by atoms with E-state index in [9.17, 15) is 9.59 Å². The number of hydrogen-bond donors (Lipinski definition) is 0. The minimum Gasteiger partial charge on any atom is -0.497 e. The Labute approximate surface area is 238 Å². The van der Waals surface area contributed by atoms with Gasteiger partial charge < -0.3 is 23.8 Å². The number of benzene rings is 2. The number of methoxy groups -OCH3 is 1. The first-order valence-electron chi connectivity index (χ1n) is 14.5. The summed E-state index contributed by atoms with van der Waals surface area (Å²) in [5.74, 6) is 0.926. The maximum Gasteiger partial charge on any atom is 0.242 e. The highest BCUT2D eigenvalue weighted by Crippen LogP contribution is 2.27. The van der Waals surface area contributed by atoms with Gasteiger partial charge in [-0.1, -0.05) is 55.3 Å². The van der Waals surface area contributed by atoms with Gasteiger partial charge in [0.25, 0.3) is 0 Å². The molecule has 0 N–H and O–H groups in total. The Balaban J connectivity index is 1.52. The van der Waals surface area contributed by atoms with Crippen LogP contribution in [0.5, 0.6) is 5.75 Å². The summed E-state index contributed by atoms with van der Waals surface area (Å²) in [5, 5.41) is 0. The highest BCUT2D eigenvalue weighted by Gasteiger charge is 2.29. The Morgan fingerprint density at radius 2 is 1.70 bits per heavy atom. The second kappa shape index (κ2) is 15.3. The molecule has 2 amide bonds. The summed E-state index contributed by atoms with van der Waals surface area (Å²) in [6.07, 6.45) is 6.77. The van der Waals surface area contributed by atoms with Gasteiger partial charge in [-0.05, 0) is 61.6 Å². The number of carbonyl (C=O) groups is 2. The summed E-state index contributed by atoms with van der Waals surface area (Å²) in [6, 6.07) is 22.2. The number of carbonyl (C=O) groups excluding carboxylic acids is 2. The quantitative estimate of drug-likeness (QED) is 0.236. The van der Waals surface area contributed by atoms with E-state index in [1.807, 2.05) is 72.6 Å². The zero-order valence-electron chi connectivity index (χ0n) is 24.0. The van der Waals surface area contributed by atoms with E-state index in [1.54, 1.807) is 12.0 Å². The molecule has 7 heteroatoms. The van der Waals surface area contributed by atoms with Crippen LogP contribution in [-0.2, 0) is 34.0 Å². The first-order valence-corrected chi connectivity index (χ1v) is 14.5. The molecule has 0 radical (unpaired) electrons. The van der Waals surface area contributed by atoms with Gasteiger partial charge in [0.1, 0.15) is 5.75 Å². The van der Waals surface area contributed by atoms with Gasteiger partial charge >= 0.3 is 0 Å². The topological polar surface area (TPSA) is 64.0 Å². The summed E-state index contributed by atoms with van der Waals surface area (Å²) < 4.78 is 13.1. The van der Waals surface area contributed by atoms with Crippen LogP contribution in [0.15, 0.2) is 72.9 Å². The van der Waals surface area contributed by atoms with Crippen molar-refractivity contribution in [2.75, 3.05) is 33.4 Å². The van der Waals surface area contributed by atoms with Gasteiger partial charge in [-0.25, -0.2) is 0 Å². The average Bonchev–Trinajstić information content (AvgIpc) is 3.67. The van der Waals surface area contributed by atoms with Crippen LogP contribution in [0.3, 0.4) is 0 Å². The molecule has 0 spiro atoms. The molecule has 0 aliphatic heterocycles. The van der Waals surface area contributed by atoms with Gasteiger partial charge in [0.15, 0.2) is 0 Å². The number of rotatable bonds is 15. The van der Waals surface area contributed by atoms with Gasteiger partial charge in [0, 0.05) is 50.7 Å². The maximum absolute atomic E-state index is 13.9. The van der Waals surface area contributed by atoms with Crippen LogP contribution in [0, 0.1) is 5.92 Å². The first kappa shape index (κ1) is 29.4. The monoisotopic (exact) mass is 545 g/mol. The second-order valence-corrected chi connectivity index (χ2v) is 10.5. The SMILES string of the molecule is CCOCCCN(CC(=O)N(Cc1ccccc1)Cc1cccn1Cc1cccc(OC)c1)C(=O)C1CCCC1.